The number of benzene rings is 1. The van der Waals surface area contributed by atoms with Crippen molar-refractivity contribution < 1.29 is 9.53 Å². The normalized spacial score (nSPS) is 15.7. The maximum atomic E-state index is 11.8. The van der Waals surface area contributed by atoms with Crippen LogP contribution in [0.2, 0.25) is 5.02 Å². The first kappa shape index (κ1) is 14.6. The van der Waals surface area contributed by atoms with Crippen molar-refractivity contribution in [3.8, 4) is 0 Å². The number of carbonyl (C=O) groups is 1. The van der Waals surface area contributed by atoms with Gasteiger partial charge in [-0.15, -0.1) is 0 Å². The molecule has 1 amide bonds. The topological polar surface area (TPSA) is 45.7 Å². The Kier molecular flexibility index (Phi) is 4.28. The standard InChI is InChI=1S/C14H16ClN3O2S/c1-20-9-13(19)17-4-6-18(7-5-17)14-16-11-3-2-10(15)8-12(11)21-14/h2-3,8H,4-7,9H2,1H3. The molecule has 1 saturated heterocycles. The van der Waals surface area contributed by atoms with Gasteiger partial charge in [0.15, 0.2) is 5.13 Å². The van der Waals surface area contributed by atoms with Gasteiger partial charge in [-0.25, -0.2) is 4.98 Å². The number of hydrogen-bond donors (Lipinski definition) is 0. The van der Waals surface area contributed by atoms with Crippen molar-refractivity contribution in [2.75, 3.05) is 44.8 Å². The minimum absolute atomic E-state index is 0.0493. The van der Waals surface area contributed by atoms with E-state index in [9.17, 15) is 4.79 Å². The van der Waals surface area contributed by atoms with E-state index in [0.29, 0.717) is 13.1 Å². The molecule has 0 aliphatic carbocycles. The Labute approximate surface area is 132 Å². The number of amides is 1. The van der Waals surface area contributed by atoms with E-state index < -0.39 is 0 Å². The zero-order chi connectivity index (χ0) is 14.8. The van der Waals surface area contributed by atoms with Crippen molar-refractivity contribution in [1.29, 1.82) is 0 Å². The molecule has 0 spiro atoms. The van der Waals surface area contributed by atoms with Crippen LogP contribution in [0, 0.1) is 0 Å². The number of methoxy groups -OCH3 is 1. The first-order chi connectivity index (χ1) is 10.2. The summed E-state index contributed by atoms with van der Waals surface area (Å²) in [5, 5.41) is 1.72. The second kappa shape index (κ2) is 6.17. The van der Waals surface area contributed by atoms with Crippen LogP contribution in [0.1, 0.15) is 0 Å². The summed E-state index contributed by atoms with van der Waals surface area (Å²) in [6, 6.07) is 5.74. The minimum atomic E-state index is 0.0493. The third kappa shape index (κ3) is 3.12. The summed E-state index contributed by atoms with van der Waals surface area (Å²) in [5.74, 6) is 0.0493. The molecular formula is C14H16ClN3O2S. The van der Waals surface area contributed by atoms with Crippen LogP contribution in [0.4, 0.5) is 5.13 Å². The number of rotatable bonds is 3. The second-order valence-electron chi connectivity index (χ2n) is 4.91. The SMILES string of the molecule is COCC(=O)N1CCN(c2nc3ccc(Cl)cc3s2)CC1. The van der Waals surface area contributed by atoms with Gasteiger partial charge in [0.1, 0.15) is 6.61 Å². The van der Waals surface area contributed by atoms with Gasteiger partial charge in [-0.1, -0.05) is 22.9 Å². The first-order valence-electron chi connectivity index (χ1n) is 6.75. The minimum Gasteiger partial charge on any atom is -0.375 e. The van der Waals surface area contributed by atoms with Crippen molar-refractivity contribution >= 4 is 44.2 Å². The Balaban J connectivity index is 1.69. The van der Waals surface area contributed by atoms with E-state index in [1.165, 1.54) is 0 Å². The molecule has 2 aromatic rings. The van der Waals surface area contributed by atoms with Crippen LogP contribution >= 0.6 is 22.9 Å². The molecule has 112 valence electrons. The Morgan fingerprint density at radius 1 is 1.38 bits per heavy atom. The number of anilines is 1. The summed E-state index contributed by atoms with van der Waals surface area (Å²) < 4.78 is 5.98. The third-order valence-corrected chi connectivity index (χ3v) is 4.82. The van der Waals surface area contributed by atoms with Crippen LogP contribution in [0.15, 0.2) is 18.2 Å². The molecule has 0 atom stereocenters. The lowest BCUT2D eigenvalue weighted by atomic mass is 10.3. The Hall–Kier alpha value is -1.37. The summed E-state index contributed by atoms with van der Waals surface area (Å²) in [5.41, 5.74) is 0.970. The maximum Gasteiger partial charge on any atom is 0.248 e. The van der Waals surface area contributed by atoms with Crippen LogP contribution in [0.5, 0.6) is 0 Å². The smallest absolute Gasteiger partial charge is 0.248 e. The molecule has 1 aliphatic heterocycles. The Morgan fingerprint density at radius 3 is 2.86 bits per heavy atom. The van der Waals surface area contributed by atoms with E-state index in [1.54, 1.807) is 18.4 Å². The average molecular weight is 326 g/mol. The van der Waals surface area contributed by atoms with E-state index in [0.717, 1.165) is 33.5 Å². The molecule has 1 aromatic heterocycles. The fourth-order valence-electron chi connectivity index (χ4n) is 2.38. The van der Waals surface area contributed by atoms with Gasteiger partial charge in [0.05, 0.1) is 10.2 Å². The third-order valence-electron chi connectivity index (χ3n) is 3.51. The molecule has 0 bridgehead atoms. The van der Waals surface area contributed by atoms with Gasteiger partial charge in [-0.3, -0.25) is 4.79 Å². The van der Waals surface area contributed by atoms with Crippen LogP contribution < -0.4 is 4.90 Å². The van der Waals surface area contributed by atoms with E-state index in [1.807, 2.05) is 23.1 Å². The van der Waals surface area contributed by atoms with Crippen LogP contribution in [0.3, 0.4) is 0 Å². The summed E-state index contributed by atoms with van der Waals surface area (Å²) in [6.07, 6.45) is 0. The molecular weight excluding hydrogens is 310 g/mol. The fourth-order valence-corrected chi connectivity index (χ4v) is 3.68. The molecule has 0 saturated carbocycles. The first-order valence-corrected chi connectivity index (χ1v) is 7.94. The molecule has 0 N–H and O–H groups in total. The number of halogens is 1. The monoisotopic (exact) mass is 325 g/mol. The summed E-state index contributed by atoms with van der Waals surface area (Å²) in [6.45, 7) is 3.16. The van der Waals surface area contributed by atoms with Crippen LogP contribution in [-0.4, -0.2) is 55.7 Å². The summed E-state index contributed by atoms with van der Waals surface area (Å²) in [4.78, 5) is 20.5. The number of piperazine rings is 1. The molecule has 1 fully saturated rings. The molecule has 2 heterocycles. The number of nitrogens with zero attached hydrogens (tertiary/aromatic N) is 3. The lowest BCUT2D eigenvalue weighted by Gasteiger charge is -2.34. The van der Waals surface area contributed by atoms with Crippen molar-refractivity contribution in [3.05, 3.63) is 23.2 Å². The van der Waals surface area contributed by atoms with Crippen molar-refractivity contribution in [2.24, 2.45) is 0 Å². The Bertz CT molecular complexity index is 653. The van der Waals surface area contributed by atoms with Crippen molar-refractivity contribution in [2.45, 2.75) is 0 Å². The molecule has 21 heavy (non-hydrogen) atoms. The number of hydrogen-bond acceptors (Lipinski definition) is 5. The van der Waals surface area contributed by atoms with E-state index in [4.69, 9.17) is 16.3 Å². The van der Waals surface area contributed by atoms with Gasteiger partial charge in [0.25, 0.3) is 0 Å². The largest absolute Gasteiger partial charge is 0.375 e. The predicted molar refractivity (Wildman–Crippen MR) is 85.3 cm³/mol. The molecule has 7 heteroatoms. The van der Waals surface area contributed by atoms with Crippen LogP contribution in [0.25, 0.3) is 10.2 Å². The van der Waals surface area contributed by atoms with Gasteiger partial charge in [0, 0.05) is 38.3 Å². The summed E-state index contributed by atoms with van der Waals surface area (Å²) >= 11 is 7.65. The number of carbonyl (C=O) groups excluding carboxylic acids is 1. The lowest BCUT2D eigenvalue weighted by molar-refractivity contribution is -0.135. The van der Waals surface area contributed by atoms with Gasteiger partial charge in [0.2, 0.25) is 5.91 Å². The maximum absolute atomic E-state index is 11.8. The lowest BCUT2D eigenvalue weighted by Crippen LogP contribution is -2.49. The number of ether oxygens (including phenoxy) is 1. The molecule has 5 nitrogen and oxygen atoms in total. The van der Waals surface area contributed by atoms with Crippen LogP contribution in [-0.2, 0) is 9.53 Å². The summed E-state index contributed by atoms with van der Waals surface area (Å²) in [7, 11) is 1.54. The molecule has 1 aromatic carbocycles. The Morgan fingerprint density at radius 2 is 2.14 bits per heavy atom. The highest BCUT2D eigenvalue weighted by molar-refractivity contribution is 7.22. The highest BCUT2D eigenvalue weighted by Crippen LogP contribution is 2.31. The second-order valence-corrected chi connectivity index (χ2v) is 6.35. The molecule has 3 rings (SSSR count). The average Bonchev–Trinajstić information content (AvgIpc) is 2.90. The van der Waals surface area contributed by atoms with E-state index in [2.05, 4.69) is 9.88 Å². The predicted octanol–water partition coefficient (Wildman–Crippen LogP) is 2.24. The molecule has 0 unspecified atom stereocenters. The zero-order valence-corrected chi connectivity index (χ0v) is 13.3. The van der Waals surface area contributed by atoms with Crippen molar-refractivity contribution in [1.82, 2.24) is 9.88 Å². The number of thiazole rings is 1. The number of fused-ring (bicyclic) bond motifs is 1. The molecule has 1 aliphatic rings. The zero-order valence-electron chi connectivity index (χ0n) is 11.7. The quantitative estimate of drug-likeness (QED) is 0.868. The highest BCUT2D eigenvalue weighted by atomic mass is 35.5. The fraction of sp³-hybridized carbons (Fsp3) is 0.429. The van der Waals surface area contributed by atoms with E-state index >= 15 is 0 Å². The highest BCUT2D eigenvalue weighted by Gasteiger charge is 2.22. The van der Waals surface area contributed by atoms with Gasteiger partial charge >= 0.3 is 0 Å². The number of aromatic nitrogens is 1. The van der Waals surface area contributed by atoms with Gasteiger partial charge < -0.3 is 14.5 Å². The molecule has 0 radical (unpaired) electrons. The van der Waals surface area contributed by atoms with Gasteiger partial charge in [-0.2, -0.15) is 0 Å². The van der Waals surface area contributed by atoms with Gasteiger partial charge in [-0.05, 0) is 18.2 Å². The van der Waals surface area contributed by atoms with Crippen molar-refractivity contribution in [3.63, 3.8) is 0 Å². The van der Waals surface area contributed by atoms with E-state index in [-0.39, 0.29) is 12.5 Å².